The Bertz CT molecular complexity index is 1380. The van der Waals surface area contributed by atoms with E-state index in [-0.39, 0.29) is 0 Å². The van der Waals surface area contributed by atoms with Crippen LogP contribution in [0.15, 0.2) is 60.7 Å². The number of H-pyrrole nitrogens is 1. The molecule has 1 unspecified atom stereocenters. The van der Waals surface area contributed by atoms with Crippen molar-refractivity contribution in [1.29, 1.82) is 0 Å². The molecule has 0 bridgehead atoms. The Kier molecular flexibility index (Phi) is 4.82. The van der Waals surface area contributed by atoms with Gasteiger partial charge in [0.1, 0.15) is 6.61 Å². The summed E-state index contributed by atoms with van der Waals surface area (Å²) in [7, 11) is 1.71. The SMILES string of the molecule is [C-]#[N+]c1ccc(COc2cc3c(cc2OC)C2Cc4c([nH]c5ccccc45)CN2CC3)cc1. The van der Waals surface area contributed by atoms with Gasteiger partial charge in [-0.3, -0.25) is 4.90 Å². The Labute approximate surface area is 193 Å². The second-order valence-electron chi connectivity index (χ2n) is 8.84. The molecule has 0 amide bonds. The minimum absolute atomic E-state index is 0.351. The summed E-state index contributed by atoms with van der Waals surface area (Å²) >= 11 is 0. The van der Waals surface area contributed by atoms with Crippen molar-refractivity contribution >= 4 is 16.6 Å². The zero-order valence-electron chi connectivity index (χ0n) is 18.6. The molecule has 4 aromatic rings. The summed E-state index contributed by atoms with van der Waals surface area (Å²) < 4.78 is 11.9. The molecular formula is C28H25N3O2. The van der Waals surface area contributed by atoms with Crippen LogP contribution in [0.25, 0.3) is 15.7 Å². The Morgan fingerprint density at radius 1 is 1.09 bits per heavy atom. The first-order valence-electron chi connectivity index (χ1n) is 11.4. The van der Waals surface area contributed by atoms with Crippen LogP contribution in [0.1, 0.15) is 34.0 Å². The fraction of sp³-hybridized carbons (Fsp3) is 0.250. The summed E-state index contributed by atoms with van der Waals surface area (Å²) in [6, 6.07) is 20.9. The van der Waals surface area contributed by atoms with Crippen LogP contribution in [0.2, 0.25) is 0 Å². The monoisotopic (exact) mass is 435 g/mol. The summed E-state index contributed by atoms with van der Waals surface area (Å²) in [6.07, 6.45) is 2.00. The molecule has 6 rings (SSSR count). The smallest absolute Gasteiger partial charge is 0.187 e. The molecule has 164 valence electrons. The van der Waals surface area contributed by atoms with Crippen molar-refractivity contribution in [2.45, 2.75) is 32.0 Å². The maximum Gasteiger partial charge on any atom is 0.187 e. The third kappa shape index (κ3) is 3.44. The first-order valence-corrected chi connectivity index (χ1v) is 11.4. The number of fused-ring (bicyclic) bond motifs is 6. The van der Waals surface area contributed by atoms with E-state index >= 15 is 0 Å². The Morgan fingerprint density at radius 3 is 2.76 bits per heavy atom. The van der Waals surface area contributed by atoms with Gasteiger partial charge in [0, 0.05) is 35.7 Å². The van der Waals surface area contributed by atoms with E-state index in [9.17, 15) is 0 Å². The third-order valence-electron chi connectivity index (χ3n) is 7.01. The second kappa shape index (κ2) is 7.99. The van der Waals surface area contributed by atoms with Crippen LogP contribution in [0.3, 0.4) is 0 Å². The highest BCUT2D eigenvalue weighted by atomic mass is 16.5. The van der Waals surface area contributed by atoms with E-state index < -0.39 is 0 Å². The van der Waals surface area contributed by atoms with Crippen molar-refractivity contribution in [3.63, 3.8) is 0 Å². The van der Waals surface area contributed by atoms with E-state index in [1.54, 1.807) is 7.11 Å². The molecule has 1 N–H and O–H groups in total. The number of aromatic amines is 1. The van der Waals surface area contributed by atoms with Gasteiger partial charge in [-0.2, -0.15) is 0 Å². The van der Waals surface area contributed by atoms with Crippen LogP contribution < -0.4 is 9.47 Å². The molecule has 2 aliphatic heterocycles. The van der Waals surface area contributed by atoms with Crippen molar-refractivity contribution in [3.8, 4) is 11.5 Å². The number of benzene rings is 3. The van der Waals surface area contributed by atoms with E-state index in [0.29, 0.717) is 18.3 Å². The summed E-state index contributed by atoms with van der Waals surface area (Å²) in [5.41, 5.74) is 8.40. The van der Waals surface area contributed by atoms with E-state index in [0.717, 1.165) is 43.0 Å². The van der Waals surface area contributed by atoms with E-state index in [1.165, 1.54) is 33.3 Å². The molecule has 0 spiro atoms. The number of methoxy groups -OCH3 is 1. The minimum Gasteiger partial charge on any atom is -0.493 e. The molecule has 1 aromatic heterocycles. The van der Waals surface area contributed by atoms with Crippen molar-refractivity contribution in [3.05, 3.63) is 100 Å². The van der Waals surface area contributed by atoms with Gasteiger partial charge < -0.3 is 14.5 Å². The summed E-state index contributed by atoms with van der Waals surface area (Å²) in [5.74, 6) is 1.56. The first-order chi connectivity index (χ1) is 16.2. The molecule has 0 aliphatic carbocycles. The number of rotatable bonds is 4. The third-order valence-corrected chi connectivity index (χ3v) is 7.01. The van der Waals surface area contributed by atoms with Gasteiger partial charge in [0.05, 0.1) is 13.7 Å². The fourth-order valence-corrected chi connectivity index (χ4v) is 5.31. The lowest BCUT2D eigenvalue weighted by atomic mass is 9.85. The van der Waals surface area contributed by atoms with Crippen molar-refractivity contribution in [2.75, 3.05) is 13.7 Å². The van der Waals surface area contributed by atoms with Crippen LogP contribution in [0.5, 0.6) is 11.5 Å². The quantitative estimate of drug-likeness (QED) is 0.402. The van der Waals surface area contributed by atoms with Gasteiger partial charge in [-0.25, -0.2) is 4.85 Å². The van der Waals surface area contributed by atoms with Crippen molar-refractivity contribution in [2.24, 2.45) is 0 Å². The van der Waals surface area contributed by atoms with E-state index in [1.807, 2.05) is 24.3 Å². The lowest BCUT2D eigenvalue weighted by Gasteiger charge is -2.40. The molecule has 2 aliphatic rings. The van der Waals surface area contributed by atoms with Gasteiger partial charge in [0.15, 0.2) is 17.2 Å². The molecule has 0 saturated heterocycles. The van der Waals surface area contributed by atoms with Gasteiger partial charge in [-0.15, -0.1) is 0 Å². The largest absolute Gasteiger partial charge is 0.493 e. The van der Waals surface area contributed by atoms with Gasteiger partial charge in [-0.1, -0.05) is 42.5 Å². The summed E-state index contributed by atoms with van der Waals surface area (Å²) in [5, 5.41) is 1.34. The molecule has 5 nitrogen and oxygen atoms in total. The number of aromatic nitrogens is 1. The number of hydrogen-bond donors (Lipinski definition) is 1. The number of nitrogens with one attached hydrogen (secondary N) is 1. The van der Waals surface area contributed by atoms with Crippen molar-refractivity contribution in [1.82, 2.24) is 9.88 Å². The molecule has 5 heteroatoms. The minimum atomic E-state index is 0.351. The molecular weight excluding hydrogens is 410 g/mol. The predicted molar refractivity (Wildman–Crippen MR) is 129 cm³/mol. The number of ether oxygens (including phenoxy) is 2. The van der Waals surface area contributed by atoms with E-state index in [4.69, 9.17) is 16.0 Å². The standard InChI is InChI=1S/C28H25N3O2/c1-29-20-9-7-18(8-10-20)17-33-28-13-19-11-12-31-16-25-23(21-5-3-4-6-24(21)30-25)14-26(31)22(19)15-27(28)32-2/h3-10,13,15,26,30H,11-12,14,16-17H2,2H3. The summed E-state index contributed by atoms with van der Waals surface area (Å²) in [6.45, 7) is 9.54. The van der Waals surface area contributed by atoms with Gasteiger partial charge in [0.25, 0.3) is 0 Å². The van der Waals surface area contributed by atoms with E-state index in [2.05, 4.69) is 51.1 Å². The average Bonchev–Trinajstić information content (AvgIpc) is 3.23. The highest BCUT2D eigenvalue weighted by Crippen LogP contribution is 2.44. The zero-order valence-corrected chi connectivity index (χ0v) is 18.6. The maximum absolute atomic E-state index is 7.10. The number of nitrogens with zero attached hydrogens (tertiary/aromatic N) is 2. The normalized spacial score (nSPS) is 17.0. The lowest BCUT2D eigenvalue weighted by molar-refractivity contribution is 0.158. The van der Waals surface area contributed by atoms with Crippen LogP contribution in [0, 0.1) is 6.57 Å². The van der Waals surface area contributed by atoms with Crippen molar-refractivity contribution < 1.29 is 9.47 Å². The molecule has 3 heterocycles. The van der Waals surface area contributed by atoms with Gasteiger partial charge >= 0.3 is 0 Å². The Hall–Kier alpha value is -3.75. The Balaban J connectivity index is 1.30. The molecule has 0 saturated carbocycles. The molecule has 3 aromatic carbocycles. The zero-order chi connectivity index (χ0) is 22.4. The van der Waals surface area contributed by atoms with Gasteiger partial charge in [-0.05, 0) is 53.3 Å². The Morgan fingerprint density at radius 2 is 1.94 bits per heavy atom. The highest BCUT2D eigenvalue weighted by Gasteiger charge is 2.34. The first kappa shape index (κ1) is 19.9. The van der Waals surface area contributed by atoms with Crippen LogP contribution >= 0.6 is 0 Å². The van der Waals surface area contributed by atoms with Crippen LogP contribution in [-0.4, -0.2) is 23.5 Å². The van der Waals surface area contributed by atoms with Crippen LogP contribution in [0.4, 0.5) is 5.69 Å². The van der Waals surface area contributed by atoms with Gasteiger partial charge in [0.2, 0.25) is 0 Å². The highest BCUT2D eigenvalue weighted by molar-refractivity contribution is 5.85. The topological polar surface area (TPSA) is 41.9 Å². The van der Waals surface area contributed by atoms with Crippen LogP contribution in [-0.2, 0) is 26.0 Å². The molecule has 0 radical (unpaired) electrons. The summed E-state index contributed by atoms with van der Waals surface area (Å²) in [4.78, 5) is 9.67. The fourth-order valence-electron chi connectivity index (χ4n) is 5.31. The molecule has 0 fully saturated rings. The number of para-hydroxylation sites is 1. The second-order valence-corrected chi connectivity index (χ2v) is 8.84. The lowest BCUT2D eigenvalue weighted by Crippen LogP contribution is -2.39. The molecule has 1 atom stereocenters. The maximum atomic E-state index is 7.10. The number of hydrogen-bond acceptors (Lipinski definition) is 3. The average molecular weight is 436 g/mol. The predicted octanol–water partition coefficient (Wildman–Crippen LogP) is 5.96. The molecule has 33 heavy (non-hydrogen) atoms.